The third-order valence-electron chi connectivity index (χ3n) is 8.42. The van der Waals surface area contributed by atoms with Gasteiger partial charge in [-0.3, -0.25) is 4.79 Å². The van der Waals surface area contributed by atoms with Crippen molar-refractivity contribution in [3.05, 3.63) is 58.3 Å². The molecule has 3 atom stereocenters. The summed E-state index contributed by atoms with van der Waals surface area (Å²) >= 11 is 3.53. The second-order valence-electron chi connectivity index (χ2n) is 12.3. The number of tetrazole rings is 1. The molecule has 0 unspecified atom stereocenters. The number of hydrogen-bond donors (Lipinski definition) is 2. The number of rotatable bonds is 9. The fourth-order valence-corrected chi connectivity index (χ4v) is 6.87. The highest BCUT2D eigenvalue weighted by Gasteiger charge is 2.35. The molecule has 0 aliphatic carbocycles. The Morgan fingerprint density at radius 3 is 2.61 bits per heavy atom. The van der Waals surface area contributed by atoms with E-state index in [0.717, 1.165) is 54.5 Å². The van der Waals surface area contributed by atoms with Crippen LogP contribution in [0, 0.1) is 17.7 Å². The van der Waals surface area contributed by atoms with Gasteiger partial charge in [-0.1, -0.05) is 28.1 Å². The highest BCUT2D eigenvalue weighted by Crippen LogP contribution is 2.27. The summed E-state index contributed by atoms with van der Waals surface area (Å²) in [5.74, 6) is 1.04. The van der Waals surface area contributed by atoms with Gasteiger partial charge < -0.3 is 25.3 Å². The Bertz CT molecular complexity index is 1430. The Balaban J connectivity index is 1.25. The van der Waals surface area contributed by atoms with Crippen LogP contribution in [0.15, 0.2) is 46.9 Å². The second-order valence-corrected chi connectivity index (χ2v) is 13.2. The van der Waals surface area contributed by atoms with Crippen molar-refractivity contribution in [1.82, 2.24) is 40.2 Å². The van der Waals surface area contributed by atoms with Gasteiger partial charge in [0, 0.05) is 60.9 Å². The first-order valence-electron chi connectivity index (χ1n) is 15.1. The number of nitrogens with zero attached hydrogens (tertiary/aromatic N) is 7. The van der Waals surface area contributed by atoms with E-state index in [1.54, 1.807) is 11.7 Å². The number of amides is 3. The lowest BCUT2D eigenvalue weighted by Gasteiger charge is -2.43. The normalized spacial score (nSPS) is 21.0. The van der Waals surface area contributed by atoms with Crippen molar-refractivity contribution in [3.8, 4) is 11.4 Å². The van der Waals surface area contributed by atoms with Gasteiger partial charge in [-0.25, -0.2) is 13.9 Å². The van der Waals surface area contributed by atoms with Crippen LogP contribution in [0.2, 0.25) is 0 Å². The summed E-state index contributed by atoms with van der Waals surface area (Å²) in [4.78, 5) is 32.6. The minimum atomic E-state index is -0.291. The summed E-state index contributed by atoms with van der Waals surface area (Å²) in [5.41, 5.74) is 2.54. The number of likely N-dealkylation sites (tertiary alicyclic amines) is 2. The Kier molecular flexibility index (Phi) is 10.6. The van der Waals surface area contributed by atoms with E-state index in [4.69, 9.17) is 0 Å². The molecule has 3 aromatic rings. The highest BCUT2D eigenvalue weighted by atomic mass is 79.9. The first kappa shape index (κ1) is 32.0. The van der Waals surface area contributed by atoms with Crippen molar-refractivity contribution in [2.75, 3.05) is 58.7 Å². The lowest BCUT2D eigenvalue weighted by molar-refractivity contribution is -0.134. The minimum Gasteiger partial charge on any atom is -0.341 e. The van der Waals surface area contributed by atoms with E-state index in [-0.39, 0.29) is 29.7 Å². The first-order chi connectivity index (χ1) is 21.1. The Hall–Kier alpha value is -3.42. The molecule has 0 saturated carbocycles. The fourth-order valence-electron chi connectivity index (χ4n) is 6.37. The maximum Gasteiger partial charge on any atom is 0.319 e. The predicted molar refractivity (Wildman–Crippen MR) is 170 cm³/mol. The van der Waals surface area contributed by atoms with Gasteiger partial charge in [-0.15, -0.1) is 5.10 Å². The summed E-state index contributed by atoms with van der Waals surface area (Å²) in [6.07, 6.45) is 3.82. The van der Waals surface area contributed by atoms with Crippen LogP contribution in [0.4, 0.5) is 14.9 Å². The number of urea groups is 1. The van der Waals surface area contributed by atoms with Gasteiger partial charge in [-0.2, -0.15) is 0 Å². The van der Waals surface area contributed by atoms with Crippen molar-refractivity contribution < 1.29 is 14.0 Å². The van der Waals surface area contributed by atoms with Crippen LogP contribution in [0.3, 0.4) is 0 Å². The number of carbonyl (C=O) groups excluding carboxylic acids is 2. The van der Waals surface area contributed by atoms with Crippen LogP contribution >= 0.6 is 15.9 Å². The summed E-state index contributed by atoms with van der Waals surface area (Å²) in [6, 6.07) is 12.0. The molecule has 0 radical (unpaired) electrons. The van der Waals surface area contributed by atoms with Crippen LogP contribution in [0.25, 0.3) is 11.4 Å². The number of anilines is 1. The molecule has 2 aliphatic rings. The van der Waals surface area contributed by atoms with E-state index in [2.05, 4.69) is 47.0 Å². The molecule has 13 heteroatoms. The van der Waals surface area contributed by atoms with E-state index in [1.807, 2.05) is 54.2 Å². The quantitative estimate of drug-likeness (QED) is 0.358. The van der Waals surface area contributed by atoms with Crippen molar-refractivity contribution in [2.45, 2.75) is 31.7 Å². The Labute approximate surface area is 266 Å². The van der Waals surface area contributed by atoms with Gasteiger partial charge in [0.1, 0.15) is 5.82 Å². The molecule has 5 rings (SSSR count). The van der Waals surface area contributed by atoms with E-state index >= 15 is 0 Å². The summed E-state index contributed by atoms with van der Waals surface area (Å²) in [5, 5.41) is 17.9. The molecule has 2 saturated heterocycles. The van der Waals surface area contributed by atoms with Crippen molar-refractivity contribution in [2.24, 2.45) is 18.9 Å². The molecule has 2 aromatic carbocycles. The van der Waals surface area contributed by atoms with Gasteiger partial charge in [-0.05, 0) is 98.6 Å². The molecular weight excluding hydrogens is 629 g/mol. The Morgan fingerprint density at radius 2 is 1.89 bits per heavy atom. The van der Waals surface area contributed by atoms with Gasteiger partial charge in [0.15, 0.2) is 5.82 Å². The zero-order chi connectivity index (χ0) is 31.2. The monoisotopic (exact) mass is 669 g/mol. The van der Waals surface area contributed by atoms with Crippen molar-refractivity contribution in [3.63, 3.8) is 0 Å². The minimum absolute atomic E-state index is 0.0768. The second kappa shape index (κ2) is 14.6. The largest absolute Gasteiger partial charge is 0.341 e. The molecule has 3 amide bonds. The molecule has 1 aromatic heterocycles. The average molecular weight is 671 g/mol. The van der Waals surface area contributed by atoms with Crippen LogP contribution < -0.4 is 10.6 Å². The molecule has 0 bridgehead atoms. The molecule has 0 spiro atoms. The molecule has 3 heterocycles. The summed E-state index contributed by atoms with van der Waals surface area (Å²) in [6.45, 7) is 4.27. The lowest BCUT2D eigenvalue weighted by Crippen LogP contribution is -2.57. The molecule has 2 aliphatic heterocycles. The van der Waals surface area contributed by atoms with Crippen molar-refractivity contribution >= 4 is 33.6 Å². The van der Waals surface area contributed by atoms with Gasteiger partial charge in [0.05, 0.1) is 6.54 Å². The standard InChI is InChI=1S/C31H41BrFN9O2/c1-39(2)20-29(43)42-12-10-28(35-31(44)34-27-15-23(14-25(32)16-27)30-36-37-38-40(30)3)24(19-42)18-41-11-4-5-22(17-41)13-21-6-8-26(33)9-7-21/h6-9,14-16,22,24,28H,4-5,10-13,17-20H2,1-3H3,(H2,34,35,44)/t22-,24+,28+/m0/s1. The van der Waals surface area contributed by atoms with Crippen molar-refractivity contribution in [1.29, 1.82) is 0 Å². The zero-order valence-electron chi connectivity index (χ0n) is 25.5. The van der Waals surface area contributed by atoms with E-state index < -0.39 is 0 Å². The number of nitrogens with one attached hydrogen (secondary N) is 2. The van der Waals surface area contributed by atoms with Crippen LogP contribution in [-0.4, -0.2) is 106 Å². The molecular formula is C31H41BrFN9O2. The summed E-state index contributed by atoms with van der Waals surface area (Å²) in [7, 11) is 5.56. The number of carbonyl (C=O) groups is 2. The van der Waals surface area contributed by atoms with Crippen LogP contribution in [-0.2, 0) is 18.3 Å². The third kappa shape index (κ3) is 8.60. The first-order valence-corrected chi connectivity index (χ1v) is 15.9. The smallest absolute Gasteiger partial charge is 0.319 e. The SMILES string of the molecule is CN(C)CC(=O)N1CC[C@@H](NC(=O)Nc2cc(Br)cc(-c3nnnn3C)c2)[C@H](CN2CCC[C@@H](Cc3ccc(F)cc3)C2)C1. The number of aryl methyl sites for hydroxylation is 1. The van der Waals surface area contributed by atoms with E-state index in [0.29, 0.717) is 43.5 Å². The third-order valence-corrected chi connectivity index (χ3v) is 8.88. The molecule has 2 N–H and O–H groups in total. The number of benzene rings is 2. The number of halogens is 2. The van der Waals surface area contributed by atoms with E-state index in [9.17, 15) is 14.0 Å². The Morgan fingerprint density at radius 1 is 1.09 bits per heavy atom. The maximum atomic E-state index is 13.4. The number of hydrogen-bond acceptors (Lipinski definition) is 7. The maximum absolute atomic E-state index is 13.4. The lowest BCUT2D eigenvalue weighted by atomic mass is 9.88. The van der Waals surface area contributed by atoms with Crippen LogP contribution in [0.5, 0.6) is 0 Å². The zero-order valence-corrected chi connectivity index (χ0v) is 27.1. The van der Waals surface area contributed by atoms with Gasteiger partial charge in [0.2, 0.25) is 5.91 Å². The number of piperidine rings is 2. The molecule has 11 nitrogen and oxygen atoms in total. The summed E-state index contributed by atoms with van der Waals surface area (Å²) < 4.78 is 15.8. The number of likely N-dealkylation sites (N-methyl/N-ethyl adjacent to an activating group) is 1. The number of aromatic nitrogens is 4. The molecule has 2 fully saturated rings. The fraction of sp³-hybridized carbons (Fsp3) is 0.516. The topological polar surface area (TPSA) is 112 Å². The predicted octanol–water partition coefficient (Wildman–Crippen LogP) is 3.63. The van der Waals surface area contributed by atoms with Gasteiger partial charge in [0.25, 0.3) is 0 Å². The average Bonchev–Trinajstić information content (AvgIpc) is 3.40. The van der Waals surface area contributed by atoms with E-state index in [1.165, 1.54) is 12.1 Å². The highest BCUT2D eigenvalue weighted by molar-refractivity contribution is 9.10. The van der Waals surface area contributed by atoms with Gasteiger partial charge >= 0.3 is 6.03 Å². The molecule has 236 valence electrons. The van der Waals surface area contributed by atoms with Crippen LogP contribution in [0.1, 0.15) is 24.8 Å². The molecule has 44 heavy (non-hydrogen) atoms.